The van der Waals surface area contributed by atoms with Crippen LogP contribution in [0.1, 0.15) is 24.1 Å². The third kappa shape index (κ3) is 2.85. The van der Waals surface area contributed by atoms with Gasteiger partial charge in [0.15, 0.2) is 0 Å². The lowest BCUT2D eigenvalue weighted by atomic mass is 10.0. The molecule has 1 aromatic carbocycles. The van der Waals surface area contributed by atoms with Crippen molar-refractivity contribution in [2.45, 2.75) is 25.9 Å². The molecule has 2 aromatic rings. The molecule has 1 unspecified atom stereocenters. The maximum Gasteiger partial charge on any atom is 0.250 e. The van der Waals surface area contributed by atoms with Crippen molar-refractivity contribution in [3.05, 3.63) is 64.1 Å². The highest BCUT2D eigenvalue weighted by atomic mass is 16.1. The predicted octanol–water partition coefficient (Wildman–Crippen LogP) is 1.93. The summed E-state index contributed by atoms with van der Waals surface area (Å²) in [5.41, 5.74) is 9.84. The Balaban J connectivity index is 1.73. The number of benzene rings is 1. The van der Waals surface area contributed by atoms with E-state index in [4.69, 9.17) is 5.73 Å². The Hall–Kier alpha value is -2.07. The Bertz CT molecular complexity index is 690. The van der Waals surface area contributed by atoms with Gasteiger partial charge >= 0.3 is 0 Å². The van der Waals surface area contributed by atoms with Crippen LogP contribution in [0, 0.1) is 0 Å². The highest BCUT2D eigenvalue weighted by molar-refractivity contribution is 5.59. The van der Waals surface area contributed by atoms with Crippen molar-refractivity contribution in [3.63, 3.8) is 0 Å². The number of fused-ring (bicyclic) bond motifs is 1. The predicted molar refractivity (Wildman–Crippen MR) is 85.7 cm³/mol. The van der Waals surface area contributed by atoms with Gasteiger partial charge in [-0.3, -0.25) is 4.79 Å². The molecule has 1 aliphatic heterocycles. The number of nitrogens with zero attached hydrogens (tertiary/aromatic N) is 2. The Kier molecular flexibility index (Phi) is 3.80. The van der Waals surface area contributed by atoms with E-state index in [1.165, 1.54) is 16.8 Å². The molecule has 0 fully saturated rings. The Morgan fingerprint density at radius 1 is 1.24 bits per heavy atom. The number of aromatic nitrogens is 1. The third-order valence-corrected chi connectivity index (χ3v) is 4.13. The van der Waals surface area contributed by atoms with Gasteiger partial charge < -0.3 is 15.2 Å². The second-order valence-electron chi connectivity index (χ2n) is 5.65. The molecule has 21 heavy (non-hydrogen) atoms. The summed E-state index contributed by atoms with van der Waals surface area (Å²) >= 11 is 0. The normalized spacial score (nSPS) is 15.0. The van der Waals surface area contributed by atoms with E-state index in [2.05, 4.69) is 23.1 Å². The van der Waals surface area contributed by atoms with Crippen LogP contribution in [-0.4, -0.2) is 17.7 Å². The largest absolute Gasteiger partial charge is 0.369 e. The average molecular weight is 283 g/mol. The summed E-state index contributed by atoms with van der Waals surface area (Å²) in [6.45, 7) is 4.60. The quantitative estimate of drug-likeness (QED) is 0.933. The Morgan fingerprint density at radius 2 is 2.10 bits per heavy atom. The first-order valence-electron chi connectivity index (χ1n) is 7.44. The van der Waals surface area contributed by atoms with Gasteiger partial charge in [-0.25, -0.2) is 0 Å². The molecule has 1 aromatic heterocycles. The topological polar surface area (TPSA) is 51.3 Å². The van der Waals surface area contributed by atoms with Crippen LogP contribution < -0.4 is 16.2 Å². The van der Waals surface area contributed by atoms with Gasteiger partial charge in [0.1, 0.15) is 0 Å². The molecular weight excluding hydrogens is 262 g/mol. The van der Waals surface area contributed by atoms with Crippen molar-refractivity contribution in [2.75, 3.05) is 18.0 Å². The van der Waals surface area contributed by atoms with Crippen LogP contribution in [0.5, 0.6) is 0 Å². The maximum atomic E-state index is 11.7. The second kappa shape index (κ2) is 5.74. The minimum atomic E-state index is 0.0595. The number of rotatable bonds is 4. The summed E-state index contributed by atoms with van der Waals surface area (Å²) in [4.78, 5) is 14.1. The summed E-state index contributed by atoms with van der Waals surface area (Å²) < 4.78 is 1.76. The molecule has 0 saturated heterocycles. The monoisotopic (exact) mass is 283 g/mol. The summed E-state index contributed by atoms with van der Waals surface area (Å²) in [6.07, 6.45) is 2.90. The zero-order chi connectivity index (χ0) is 14.8. The van der Waals surface area contributed by atoms with Crippen molar-refractivity contribution >= 4 is 5.69 Å². The van der Waals surface area contributed by atoms with E-state index < -0.39 is 0 Å². The molecule has 2 heterocycles. The van der Waals surface area contributed by atoms with Gasteiger partial charge in [-0.2, -0.15) is 0 Å². The van der Waals surface area contributed by atoms with Crippen molar-refractivity contribution < 1.29 is 0 Å². The molecular formula is C17H21N3O. The van der Waals surface area contributed by atoms with Gasteiger partial charge in [0.05, 0.1) is 0 Å². The molecule has 1 atom stereocenters. The van der Waals surface area contributed by atoms with Crippen LogP contribution in [0.15, 0.2) is 47.4 Å². The highest BCUT2D eigenvalue weighted by Gasteiger charge is 2.19. The standard InChI is InChI=1S/C17H21N3O/c1-13(18)14-5-6-16-15(12-14)7-9-19(16)10-11-20-8-3-2-4-17(20)21/h2-6,8,12-13H,7,9-11,18H2,1H3. The molecule has 3 rings (SSSR count). The molecule has 0 aliphatic carbocycles. The van der Waals surface area contributed by atoms with E-state index in [0.29, 0.717) is 6.54 Å². The van der Waals surface area contributed by atoms with Gasteiger partial charge in [0.25, 0.3) is 5.56 Å². The molecule has 0 saturated carbocycles. The minimum absolute atomic E-state index is 0.0595. The fourth-order valence-electron chi connectivity index (χ4n) is 2.88. The first-order chi connectivity index (χ1) is 10.1. The number of hydrogen-bond donors (Lipinski definition) is 1. The molecule has 1 aliphatic rings. The van der Waals surface area contributed by atoms with E-state index in [-0.39, 0.29) is 11.6 Å². The zero-order valence-corrected chi connectivity index (χ0v) is 12.3. The summed E-state index contributed by atoms with van der Waals surface area (Å²) in [5.74, 6) is 0. The minimum Gasteiger partial charge on any atom is -0.369 e. The molecule has 110 valence electrons. The lowest BCUT2D eigenvalue weighted by Crippen LogP contribution is -2.29. The van der Waals surface area contributed by atoms with Crippen molar-refractivity contribution in [2.24, 2.45) is 5.73 Å². The van der Waals surface area contributed by atoms with Crippen LogP contribution >= 0.6 is 0 Å². The average Bonchev–Trinajstić information content (AvgIpc) is 2.88. The zero-order valence-electron chi connectivity index (χ0n) is 12.3. The summed E-state index contributed by atoms with van der Waals surface area (Å²) in [5, 5.41) is 0. The molecule has 0 spiro atoms. The van der Waals surface area contributed by atoms with E-state index >= 15 is 0 Å². The first-order valence-corrected chi connectivity index (χ1v) is 7.44. The van der Waals surface area contributed by atoms with E-state index in [9.17, 15) is 4.79 Å². The van der Waals surface area contributed by atoms with Crippen LogP contribution in [-0.2, 0) is 13.0 Å². The lowest BCUT2D eigenvalue weighted by Gasteiger charge is -2.20. The Morgan fingerprint density at radius 3 is 2.86 bits per heavy atom. The number of pyridine rings is 1. The van der Waals surface area contributed by atoms with E-state index in [0.717, 1.165) is 19.5 Å². The van der Waals surface area contributed by atoms with Gasteiger partial charge in [-0.1, -0.05) is 18.2 Å². The second-order valence-corrected chi connectivity index (χ2v) is 5.65. The van der Waals surface area contributed by atoms with Crippen LogP contribution in [0.2, 0.25) is 0 Å². The third-order valence-electron chi connectivity index (χ3n) is 4.13. The molecule has 2 N–H and O–H groups in total. The first kappa shape index (κ1) is 13.9. The molecule has 0 amide bonds. The summed E-state index contributed by atoms with van der Waals surface area (Å²) in [6, 6.07) is 11.8. The molecule has 4 heteroatoms. The SMILES string of the molecule is CC(N)c1ccc2c(c1)CCN2CCn1ccccc1=O. The maximum absolute atomic E-state index is 11.7. The van der Waals surface area contributed by atoms with Crippen LogP contribution in [0.25, 0.3) is 0 Å². The van der Waals surface area contributed by atoms with Crippen molar-refractivity contribution in [1.82, 2.24) is 4.57 Å². The lowest BCUT2D eigenvalue weighted by molar-refractivity contribution is 0.647. The number of anilines is 1. The van der Waals surface area contributed by atoms with Gasteiger partial charge in [-0.05, 0) is 36.6 Å². The van der Waals surface area contributed by atoms with Gasteiger partial charge in [-0.15, -0.1) is 0 Å². The number of nitrogens with two attached hydrogens (primary N) is 1. The van der Waals surface area contributed by atoms with Gasteiger partial charge in [0, 0.05) is 43.6 Å². The van der Waals surface area contributed by atoms with Crippen LogP contribution in [0.4, 0.5) is 5.69 Å². The molecule has 4 nitrogen and oxygen atoms in total. The molecule has 0 bridgehead atoms. The van der Waals surface area contributed by atoms with Gasteiger partial charge in [0.2, 0.25) is 0 Å². The molecule has 0 radical (unpaired) electrons. The fourth-order valence-corrected chi connectivity index (χ4v) is 2.88. The highest BCUT2D eigenvalue weighted by Crippen LogP contribution is 2.29. The smallest absolute Gasteiger partial charge is 0.250 e. The van der Waals surface area contributed by atoms with E-state index in [1.807, 2.05) is 19.2 Å². The van der Waals surface area contributed by atoms with Crippen molar-refractivity contribution in [1.29, 1.82) is 0 Å². The van der Waals surface area contributed by atoms with Crippen LogP contribution in [0.3, 0.4) is 0 Å². The fraction of sp³-hybridized carbons (Fsp3) is 0.353. The van der Waals surface area contributed by atoms with Crippen molar-refractivity contribution in [3.8, 4) is 0 Å². The van der Waals surface area contributed by atoms with E-state index in [1.54, 1.807) is 16.7 Å². The summed E-state index contributed by atoms with van der Waals surface area (Å²) in [7, 11) is 0. The Labute approximate surface area is 124 Å². The number of hydrogen-bond acceptors (Lipinski definition) is 3.